The Morgan fingerprint density at radius 3 is 3.07 bits per heavy atom. The molecule has 0 spiro atoms. The van der Waals surface area contributed by atoms with E-state index in [2.05, 4.69) is 15.0 Å². The highest BCUT2D eigenvalue weighted by molar-refractivity contribution is 5.49. The maximum absolute atomic E-state index is 10.1. The Bertz CT molecular complexity index is 362. The van der Waals surface area contributed by atoms with Gasteiger partial charge in [0.25, 0.3) is 0 Å². The van der Waals surface area contributed by atoms with Crippen molar-refractivity contribution in [3.63, 3.8) is 0 Å². The highest BCUT2D eigenvalue weighted by atomic mass is 16.5. The van der Waals surface area contributed by atoms with E-state index >= 15 is 0 Å². The van der Waals surface area contributed by atoms with Gasteiger partial charge in [-0.2, -0.15) is 4.99 Å². The number of hydrogen-bond acceptors (Lipinski definition) is 5. The maximum Gasteiger partial charge on any atom is 0.240 e. The summed E-state index contributed by atoms with van der Waals surface area (Å²) in [6.45, 7) is 3.25. The molecule has 1 aromatic heterocycles. The fourth-order valence-corrected chi connectivity index (χ4v) is 1.84. The molecule has 1 aromatic rings. The fraction of sp³-hybridized carbons (Fsp3) is 0.600. The minimum atomic E-state index is 0.504. The lowest BCUT2D eigenvalue weighted by atomic mass is 10.3. The first kappa shape index (κ1) is 10.1. The molecule has 0 amide bonds. The molecule has 0 aromatic carbocycles. The molecule has 0 unspecified atom stereocenters. The van der Waals surface area contributed by atoms with Crippen molar-refractivity contribution in [1.82, 2.24) is 10.1 Å². The molecule has 1 fully saturated rings. The van der Waals surface area contributed by atoms with E-state index in [0.29, 0.717) is 11.4 Å². The van der Waals surface area contributed by atoms with E-state index in [0.717, 1.165) is 26.1 Å². The number of likely N-dealkylation sites (tertiary alicyclic amines) is 1. The first-order valence-corrected chi connectivity index (χ1v) is 5.14. The molecule has 0 N–H and O–H groups in total. The van der Waals surface area contributed by atoms with E-state index in [1.165, 1.54) is 25.1 Å². The van der Waals surface area contributed by atoms with Crippen LogP contribution in [0.15, 0.2) is 15.7 Å². The zero-order valence-electron chi connectivity index (χ0n) is 8.48. The van der Waals surface area contributed by atoms with Gasteiger partial charge in [0.2, 0.25) is 6.08 Å². The van der Waals surface area contributed by atoms with Crippen LogP contribution in [0, 0.1) is 0 Å². The van der Waals surface area contributed by atoms with E-state index in [-0.39, 0.29) is 0 Å². The van der Waals surface area contributed by atoms with Crippen LogP contribution in [0.2, 0.25) is 0 Å². The standard InChI is InChI=1S/C10H13N3O2/c14-8-11-9-7-12-15-10(9)3-6-13-4-1-2-5-13/h7H,1-6H2. The van der Waals surface area contributed by atoms with Gasteiger partial charge in [0.15, 0.2) is 5.76 Å². The number of aromatic nitrogens is 1. The topological polar surface area (TPSA) is 58.7 Å². The van der Waals surface area contributed by atoms with Crippen LogP contribution in [-0.2, 0) is 11.2 Å². The van der Waals surface area contributed by atoms with Gasteiger partial charge in [-0.05, 0) is 25.9 Å². The molecule has 0 bridgehead atoms. The van der Waals surface area contributed by atoms with E-state index < -0.39 is 0 Å². The fourth-order valence-electron chi connectivity index (χ4n) is 1.84. The third-order valence-electron chi connectivity index (χ3n) is 2.64. The summed E-state index contributed by atoms with van der Waals surface area (Å²) in [6, 6.07) is 0. The molecule has 0 atom stereocenters. The van der Waals surface area contributed by atoms with Gasteiger partial charge < -0.3 is 9.42 Å². The Morgan fingerprint density at radius 1 is 1.53 bits per heavy atom. The second-order valence-electron chi connectivity index (χ2n) is 3.64. The van der Waals surface area contributed by atoms with Gasteiger partial charge in [-0.3, -0.25) is 0 Å². The Hall–Kier alpha value is -1.45. The number of aliphatic imine (C=N–C) groups is 1. The van der Waals surface area contributed by atoms with Gasteiger partial charge >= 0.3 is 0 Å². The van der Waals surface area contributed by atoms with Crippen molar-refractivity contribution in [1.29, 1.82) is 0 Å². The molecular weight excluding hydrogens is 194 g/mol. The molecule has 2 heterocycles. The molecule has 0 radical (unpaired) electrons. The molecule has 80 valence electrons. The van der Waals surface area contributed by atoms with Crippen LogP contribution in [0.25, 0.3) is 0 Å². The van der Waals surface area contributed by atoms with E-state index in [4.69, 9.17) is 4.52 Å². The van der Waals surface area contributed by atoms with Gasteiger partial charge in [0.1, 0.15) is 5.69 Å². The van der Waals surface area contributed by atoms with Crippen LogP contribution in [-0.4, -0.2) is 35.8 Å². The summed E-state index contributed by atoms with van der Waals surface area (Å²) in [6.07, 6.45) is 6.25. The SMILES string of the molecule is O=C=Nc1cnoc1CCN1CCCC1. The number of hydrogen-bond donors (Lipinski definition) is 0. The van der Waals surface area contributed by atoms with Crippen LogP contribution in [0.1, 0.15) is 18.6 Å². The van der Waals surface area contributed by atoms with Crippen LogP contribution < -0.4 is 0 Å². The largest absolute Gasteiger partial charge is 0.359 e. The molecule has 1 saturated heterocycles. The van der Waals surface area contributed by atoms with Crippen molar-refractivity contribution in [3.05, 3.63) is 12.0 Å². The highest BCUT2D eigenvalue weighted by Crippen LogP contribution is 2.19. The lowest BCUT2D eigenvalue weighted by Gasteiger charge is -2.12. The smallest absolute Gasteiger partial charge is 0.240 e. The number of nitrogens with zero attached hydrogens (tertiary/aromatic N) is 3. The molecule has 5 nitrogen and oxygen atoms in total. The molecular formula is C10H13N3O2. The van der Waals surface area contributed by atoms with Crippen molar-refractivity contribution in [3.8, 4) is 0 Å². The average molecular weight is 207 g/mol. The van der Waals surface area contributed by atoms with Crippen LogP contribution in [0.3, 0.4) is 0 Å². The highest BCUT2D eigenvalue weighted by Gasteiger charge is 2.14. The average Bonchev–Trinajstić information content (AvgIpc) is 2.85. The molecule has 1 aliphatic heterocycles. The Morgan fingerprint density at radius 2 is 2.33 bits per heavy atom. The van der Waals surface area contributed by atoms with Crippen molar-refractivity contribution < 1.29 is 9.32 Å². The van der Waals surface area contributed by atoms with Crippen molar-refractivity contribution in [2.24, 2.45) is 4.99 Å². The summed E-state index contributed by atoms with van der Waals surface area (Å²) >= 11 is 0. The normalized spacial score (nSPS) is 16.5. The Balaban J connectivity index is 1.91. The van der Waals surface area contributed by atoms with Crippen LogP contribution in [0.4, 0.5) is 5.69 Å². The van der Waals surface area contributed by atoms with Crippen molar-refractivity contribution in [2.75, 3.05) is 19.6 Å². The summed E-state index contributed by atoms with van der Waals surface area (Å²) in [5.74, 6) is 0.672. The predicted molar refractivity (Wildman–Crippen MR) is 53.7 cm³/mol. The first-order chi connectivity index (χ1) is 7.40. The third-order valence-corrected chi connectivity index (χ3v) is 2.64. The summed E-state index contributed by atoms with van der Waals surface area (Å²) in [5.41, 5.74) is 0.504. The van der Waals surface area contributed by atoms with Gasteiger partial charge in [-0.1, -0.05) is 5.16 Å². The Kier molecular flexibility index (Phi) is 3.27. The lowest BCUT2D eigenvalue weighted by molar-refractivity contribution is 0.315. The monoisotopic (exact) mass is 207 g/mol. The summed E-state index contributed by atoms with van der Waals surface area (Å²) in [7, 11) is 0. The van der Waals surface area contributed by atoms with Crippen molar-refractivity contribution >= 4 is 11.8 Å². The van der Waals surface area contributed by atoms with Gasteiger partial charge in [0.05, 0.1) is 6.20 Å². The predicted octanol–water partition coefficient (Wildman–Crippen LogP) is 1.28. The number of rotatable bonds is 4. The number of carbonyl (C=O) groups excluding carboxylic acids is 1. The molecule has 1 aliphatic rings. The van der Waals surface area contributed by atoms with Gasteiger partial charge in [-0.25, -0.2) is 4.79 Å². The molecule has 0 aliphatic carbocycles. The molecule has 0 saturated carbocycles. The molecule has 2 rings (SSSR count). The zero-order valence-corrected chi connectivity index (χ0v) is 8.48. The Labute approximate surface area is 87.8 Å². The maximum atomic E-state index is 10.1. The minimum absolute atomic E-state index is 0.504. The van der Waals surface area contributed by atoms with Crippen LogP contribution >= 0.6 is 0 Å². The molecule has 15 heavy (non-hydrogen) atoms. The lowest BCUT2D eigenvalue weighted by Crippen LogP contribution is -2.21. The zero-order chi connectivity index (χ0) is 10.5. The van der Waals surface area contributed by atoms with Crippen molar-refractivity contribution in [2.45, 2.75) is 19.3 Å². The third kappa shape index (κ3) is 2.52. The van der Waals surface area contributed by atoms with E-state index in [1.807, 2.05) is 0 Å². The summed E-state index contributed by atoms with van der Waals surface area (Å²) in [4.78, 5) is 16.0. The second-order valence-corrected chi connectivity index (χ2v) is 3.64. The van der Waals surface area contributed by atoms with Crippen LogP contribution in [0.5, 0.6) is 0 Å². The number of isocyanates is 1. The summed E-state index contributed by atoms with van der Waals surface area (Å²) in [5, 5.41) is 3.62. The first-order valence-electron chi connectivity index (χ1n) is 5.14. The van der Waals surface area contributed by atoms with E-state index in [9.17, 15) is 4.79 Å². The quantitative estimate of drug-likeness (QED) is 0.551. The van der Waals surface area contributed by atoms with Gasteiger partial charge in [0, 0.05) is 13.0 Å². The second kappa shape index (κ2) is 4.87. The minimum Gasteiger partial charge on any atom is -0.359 e. The van der Waals surface area contributed by atoms with E-state index in [1.54, 1.807) is 0 Å². The summed E-state index contributed by atoms with van der Waals surface area (Å²) < 4.78 is 5.03. The molecule has 5 heteroatoms. The van der Waals surface area contributed by atoms with Gasteiger partial charge in [-0.15, -0.1) is 0 Å².